The van der Waals surface area contributed by atoms with Crippen molar-refractivity contribution in [3.05, 3.63) is 52.2 Å². The summed E-state index contributed by atoms with van der Waals surface area (Å²) in [5.74, 6) is 0.457. The molecule has 0 spiro atoms. The predicted molar refractivity (Wildman–Crippen MR) is 65.5 cm³/mol. The van der Waals surface area contributed by atoms with Crippen molar-refractivity contribution in [3.8, 4) is 11.8 Å². The number of benzene rings is 1. The van der Waals surface area contributed by atoms with Crippen LogP contribution in [0.2, 0.25) is 0 Å². The monoisotopic (exact) mass is 258 g/mol. The number of ether oxygens (including phenoxy) is 1. The number of aromatic nitrogens is 2. The molecule has 1 aromatic heterocycles. The molecule has 0 aliphatic rings. The summed E-state index contributed by atoms with van der Waals surface area (Å²) in [5.41, 5.74) is 0.565. The van der Waals surface area contributed by atoms with Crippen LogP contribution in [0.25, 0.3) is 0 Å². The second-order valence-corrected chi connectivity index (χ2v) is 3.68. The molecule has 1 aromatic carbocycles. The van der Waals surface area contributed by atoms with Crippen LogP contribution in [0.5, 0.6) is 5.75 Å². The molecule has 7 nitrogen and oxygen atoms in total. The van der Waals surface area contributed by atoms with E-state index in [4.69, 9.17) is 10.00 Å². The third-order valence-electron chi connectivity index (χ3n) is 2.39. The molecule has 0 bridgehead atoms. The van der Waals surface area contributed by atoms with E-state index in [9.17, 15) is 10.1 Å². The van der Waals surface area contributed by atoms with Gasteiger partial charge in [-0.25, -0.2) is 0 Å². The second kappa shape index (κ2) is 5.64. The van der Waals surface area contributed by atoms with E-state index in [0.29, 0.717) is 24.5 Å². The van der Waals surface area contributed by atoms with Gasteiger partial charge < -0.3 is 14.9 Å². The molecule has 0 amide bonds. The lowest BCUT2D eigenvalue weighted by Crippen LogP contribution is -2.08. The molecule has 0 unspecified atom stereocenters. The van der Waals surface area contributed by atoms with Crippen LogP contribution in [0.15, 0.2) is 36.5 Å². The van der Waals surface area contributed by atoms with Crippen molar-refractivity contribution in [2.24, 2.45) is 0 Å². The molecule has 2 rings (SSSR count). The molecule has 0 aliphatic heterocycles. The van der Waals surface area contributed by atoms with Gasteiger partial charge in [0.25, 0.3) is 0 Å². The van der Waals surface area contributed by atoms with Crippen LogP contribution in [0.3, 0.4) is 0 Å². The van der Waals surface area contributed by atoms with E-state index in [2.05, 4.69) is 5.10 Å². The van der Waals surface area contributed by atoms with Gasteiger partial charge in [-0.3, -0.25) is 0 Å². The average Bonchev–Trinajstić information content (AvgIpc) is 2.89. The number of hydrogen-bond donors (Lipinski definition) is 0. The summed E-state index contributed by atoms with van der Waals surface area (Å²) in [6, 6.07) is 10.1. The Labute approximate surface area is 108 Å². The minimum Gasteiger partial charge on any atom is -0.492 e. The van der Waals surface area contributed by atoms with Crippen molar-refractivity contribution in [2.45, 2.75) is 6.54 Å². The largest absolute Gasteiger partial charge is 0.492 e. The van der Waals surface area contributed by atoms with Crippen molar-refractivity contribution >= 4 is 5.82 Å². The van der Waals surface area contributed by atoms with Crippen molar-refractivity contribution in [3.63, 3.8) is 0 Å². The fourth-order valence-corrected chi connectivity index (χ4v) is 1.46. The molecule has 0 aliphatic carbocycles. The lowest BCUT2D eigenvalue weighted by molar-refractivity contribution is -0.389. The Balaban J connectivity index is 1.85. The number of hydrogen-bond acceptors (Lipinski definition) is 5. The maximum atomic E-state index is 10.4. The lowest BCUT2D eigenvalue weighted by atomic mass is 10.2. The summed E-state index contributed by atoms with van der Waals surface area (Å²) >= 11 is 0. The molecular formula is C12H10N4O3. The Morgan fingerprint density at radius 3 is 2.68 bits per heavy atom. The molecule has 2 aromatic rings. The number of rotatable bonds is 5. The Morgan fingerprint density at radius 2 is 2.11 bits per heavy atom. The zero-order chi connectivity index (χ0) is 13.7. The van der Waals surface area contributed by atoms with Crippen LogP contribution < -0.4 is 4.74 Å². The number of nitro groups is 1. The van der Waals surface area contributed by atoms with Crippen LogP contribution >= 0.6 is 0 Å². The summed E-state index contributed by atoms with van der Waals surface area (Å²) in [6.07, 6.45) is 1.53. The van der Waals surface area contributed by atoms with Gasteiger partial charge in [-0.2, -0.15) is 9.94 Å². The van der Waals surface area contributed by atoms with Gasteiger partial charge in [0.15, 0.2) is 0 Å². The Kier molecular flexibility index (Phi) is 3.73. The highest BCUT2D eigenvalue weighted by Gasteiger charge is 2.10. The summed E-state index contributed by atoms with van der Waals surface area (Å²) in [7, 11) is 0. The summed E-state index contributed by atoms with van der Waals surface area (Å²) in [6.45, 7) is 0.749. The third-order valence-corrected chi connectivity index (χ3v) is 2.39. The Bertz CT molecular complexity index is 613. The van der Waals surface area contributed by atoms with Gasteiger partial charge in [-0.1, -0.05) is 0 Å². The van der Waals surface area contributed by atoms with Crippen molar-refractivity contribution in [1.82, 2.24) is 9.78 Å². The molecule has 0 saturated heterocycles. The van der Waals surface area contributed by atoms with Gasteiger partial charge in [0.1, 0.15) is 12.4 Å². The number of nitrogens with zero attached hydrogens (tertiary/aromatic N) is 4. The van der Waals surface area contributed by atoms with E-state index in [-0.39, 0.29) is 5.82 Å². The molecule has 19 heavy (non-hydrogen) atoms. The quantitative estimate of drug-likeness (QED) is 0.601. The van der Waals surface area contributed by atoms with E-state index >= 15 is 0 Å². The molecule has 7 heteroatoms. The molecular weight excluding hydrogens is 248 g/mol. The Morgan fingerprint density at radius 1 is 1.37 bits per heavy atom. The van der Waals surface area contributed by atoms with Crippen LogP contribution in [0.4, 0.5) is 5.82 Å². The first kappa shape index (κ1) is 12.6. The van der Waals surface area contributed by atoms with E-state index in [0.717, 1.165) is 0 Å². The molecule has 96 valence electrons. The minimum absolute atomic E-state index is 0.182. The minimum atomic E-state index is -0.544. The zero-order valence-electron chi connectivity index (χ0n) is 9.89. The second-order valence-electron chi connectivity index (χ2n) is 3.68. The van der Waals surface area contributed by atoms with Crippen LogP contribution in [-0.4, -0.2) is 21.3 Å². The van der Waals surface area contributed by atoms with Gasteiger partial charge in [0, 0.05) is 0 Å². The van der Waals surface area contributed by atoms with Gasteiger partial charge in [0.05, 0.1) is 35.5 Å². The van der Waals surface area contributed by atoms with Crippen LogP contribution in [0, 0.1) is 21.4 Å². The van der Waals surface area contributed by atoms with E-state index < -0.39 is 4.92 Å². The van der Waals surface area contributed by atoms with Gasteiger partial charge in [0.2, 0.25) is 0 Å². The lowest BCUT2D eigenvalue weighted by Gasteiger charge is -2.04. The molecule has 0 N–H and O–H groups in total. The number of nitriles is 1. The Hall–Kier alpha value is -2.88. The maximum absolute atomic E-state index is 10.4. The van der Waals surface area contributed by atoms with Crippen molar-refractivity contribution in [2.75, 3.05) is 6.61 Å². The highest BCUT2D eigenvalue weighted by molar-refractivity contribution is 5.34. The van der Waals surface area contributed by atoms with E-state index in [1.54, 1.807) is 24.3 Å². The van der Waals surface area contributed by atoms with Crippen molar-refractivity contribution in [1.29, 1.82) is 5.26 Å². The molecule has 0 radical (unpaired) electrons. The predicted octanol–water partition coefficient (Wildman–Crippen LogP) is 1.74. The first-order chi connectivity index (χ1) is 9.19. The highest BCUT2D eigenvalue weighted by Crippen LogP contribution is 2.11. The smallest absolute Gasteiger partial charge is 0.389 e. The molecule has 0 saturated carbocycles. The fourth-order valence-electron chi connectivity index (χ4n) is 1.46. The van der Waals surface area contributed by atoms with E-state index in [1.165, 1.54) is 16.9 Å². The third kappa shape index (κ3) is 3.29. The van der Waals surface area contributed by atoms with Crippen molar-refractivity contribution < 1.29 is 9.66 Å². The molecule has 1 heterocycles. The molecule has 0 fully saturated rings. The van der Waals surface area contributed by atoms with Gasteiger partial charge in [-0.15, -0.1) is 0 Å². The average molecular weight is 258 g/mol. The first-order valence-electron chi connectivity index (χ1n) is 5.50. The highest BCUT2D eigenvalue weighted by atomic mass is 16.6. The topological polar surface area (TPSA) is 94.0 Å². The summed E-state index contributed by atoms with van der Waals surface area (Å²) < 4.78 is 6.89. The fraction of sp³-hybridized carbons (Fsp3) is 0.167. The zero-order valence-corrected chi connectivity index (χ0v) is 9.89. The summed E-state index contributed by atoms with van der Waals surface area (Å²) in [5, 5.41) is 22.8. The van der Waals surface area contributed by atoms with Gasteiger partial charge >= 0.3 is 5.82 Å². The van der Waals surface area contributed by atoms with Crippen LogP contribution in [0.1, 0.15) is 5.56 Å². The molecule has 0 atom stereocenters. The maximum Gasteiger partial charge on any atom is 0.389 e. The SMILES string of the molecule is N#Cc1ccc(OCCn2ccc([N+](=O)[O-])n2)cc1. The first-order valence-corrected chi connectivity index (χ1v) is 5.50. The standard InChI is InChI=1S/C12H10N4O3/c13-9-10-1-3-11(4-2-10)19-8-7-15-6-5-12(14-15)16(17)18/h1-6H,7-8H2. The van der Waals surface area contributed by atoms with Crippen LogP contribution in [-0.2, 0) is 6.54 Å². The van der Waals surface area contributed by atoms with E-state index in [1.807, 2.05) is 6.07 Å². The normalized spacial score (nSPS) is 9.84. The summed E-state index contributed by atoms with van der Waals surface area (Å²) in [4.78, 5) is 9.90. The van der Waals surface area contributed by atoms with Gasteiger partial charge in [-0.05, 0) is 29.2 Å².